The van der Waals surface area contributed by atoms with Gasteiger partial charge < -0.3 is 5.32 Å². The Kier molecular flexibility index (Phi) is 4.20. The third-order valence-electron chi connectivity index (χ3n) is 2.69. The van der Waals surface area contributed by atoms with E-state index in [1.165, 1.54) is 0 Å². The number of alkyl halides is 3. The van der Waals surface area contributed by atoms with Crippen molar-refractivity contribution in [1.82, 2.24) is 5.32 Å². The lowest BCUT2D eigenvalue weighted by molar-refractivity contribution is -0.125. The summed E-state index contributed by atoms with van der Waals surface area (Å²) in [6, 6.07) is 7.86. The molecule has 0 spiro atoms. The summed E-state index contributed by atoms with van der Waals surface area (Å²) in [6.45, 7) is 5.21. The minimum atomic E-state index is -4.15. The lowest BCUT2D eigenvalue weighted by atomic mass is 9.84. The second kappa shape index (κ2) is 5.08. The maximum absolute atomic E-state index is 12.0. The highest BCUT2D eigenvalue weighted by Gasteiger charge is 2.28. The van der Waals surface area contributed by atoms with E-state index in [0.29, 0.717) is 6.54 Å². The first-order valence-electron chi connectivity index (χ1n) is 5.55. The van der Waals surface area contributed by atoms with Crippen LogP contribution in [0.5, 0.6) is 0 Å². The predicted molar refractivity (Wildman–Crippen MR) is 63.1 cm³/mol. The van der Waals surface area contributed by atoms with Crippen molar-refractivity contribution in [3.63, 3.8) is 0 Å². The van der Waals surface area contributed by atoms with Crippen molar-refractivity contribution < 1.29 is 13.2 Å². The molecule has 0 saturated carbocycles. The normalized spacial score (nSPS) is 12.8. The Bertz CT molecular complexity index is 369. The molecule has 0 aliphatic rings. The molecular formula is C13H18F3N. The maximum atomic E-state index is 12.0. The molecular weight excluding hydrogens is 227 g/mol. The number of hydrogen-bond acceptors (Lipinski definition) is 1. The van der Waals surface area contributed by atoms with E-state index in [-0.39, 0.29) is 5.41 Å². The molecule has 0 aliphatic carbocycles. The van der Waals surface area contributed by atoms with Gasteiger partial charge in [-0.25, -0.2) is 0 Å². The zero-order chi connectivity index (χ0) is 13.1. The van der Waals surface area contributed by atoms with E-state index >= 15 is 0 Å². The largest absolute Gasteiger partial charge is 0.401 e. The van der Waals surface area contributed by atoms with Gasteiger partial charge in [0.2, 0.25) is 0 Å². The molecule has 0 heterocycles. The maximum Gasteiger partial charge on any atom is 0.401 e. The lowest BCUT2D eigenvalue weighted by Crippen LogP contribution is -2.38. The predicted octanol–water partition coefficient (Wildman–Crippen LogP) is 3.42. The fourth-order valence-corrected chi connectivity index (χ4v) is 1.68. The number of hydrogen-bond donors (Lipinski definition) is 1. The van der Waals surface area contributed by atoms with Crippen molar-refractivity contribution >= 4 is 0 Å². The molecule has 96 valence electrons. The average molecular weight is 245 g/mol. The van der Waals surface area contributed by atoms with Crippen LogP contribution in [-0.4, -0.2) is 19.3 Å². The van der Waals surface area contributed by atoms with Crippen molar-refractivity contribution in [3.05, 3.63) is 35.4 Å². The Hall–Kier alpha value is -1.03. The molecule has 0 radical (unpaired) electrons. The SMILES string of the molecule is Cc1cccc(C(C)(C)CNCC(F)(F)F)c1. The smallest absolute Gasteiger partial charge is 0.308 e. The van der Waals surface area contributed by atoms with Crippen LogP contribution in [0.2, 0.25) is 0 Å². The highest BCUT2D eigenvalue weighted by molar-refractivity contribution is 5.28. The Morgan fingerprint density at radius 1 is 1.12 bits per heavy atom. The van der Waals surface area contributed by atoms with Gasteiger partial charge in [0.15, 0.2) is 0 Å². The topological polar surface area (TPSA) is 12.0 Å². The minimum Gasteiger partial charge on any atom is -0.308 e. The van der Waals surface area contributed by atoms with Crippen LogP contribution in [-0.2, 0) is 5.41 Å². The molecule has 1 rings (SSSR count). The van der Waals surface area contributed by atoms with Crippen LogP contribution in [0.15, 0.2) is 24.3 Å². The molecule has 1 aromatic carbocycles. The second-order valence-corrected chi connectivity index (χ2v) is 4.97. The van der Waals surface area contributed by atoms with Crippen molar-refractivity contribution in [2.75, 3.05) is 13.1 Å². The van der Waals surface area contributed by atoms with Crippen molar-refractivity contribution in [1.29, 1.82) is 0 Å². The summed E-state index contributed by atoms with van der Waals surface area (Å²) in [6.07, 6.45) is -4.15. The Balaban J connectivity index is 2.62. The summed E-state index contributed by atoms with van der Waals surface area (Å²) >= 11 is 0. The van der Waals surface area contributed by atoms with Crippen LogP contribution in [0.4, 0.5) is 13.2 Å². The van der Waals surface area contributed by atoms with Gasteiger partial charge in [0.05, 0.1) is 6.54 Å². The van der Waals surface area contributed by atoms with Crippen LogP contribution in [0, 0.1) is 6.92 Å². The number of halogens is 3. The van der Waals surface area contributed by atoms with E-state index in [9.17, 15) is 13.2 Å². The standard InChI is InChI=1S/C13H18F3N/c1-10-5-4-6-11(7-10)12(2,3)8-17-9-13(14,15)16/h4-7,17H,8-9H2,1-3H3. The van der Waals surface area contributed by atoms with Gasteiger partial charge in [-0.15, -0.1) is 0 Å². The van der Waals surface area contributed by atoms with E-state index in [1.807, 2.05) is 45.0 Å². The Labute approximate surface area is 100 Å². The Morgan fingerprint density at radius 3 is 2.29 bits per heavy atom. The first kappa shape index (κ1) is 14.0. The summed E-state index contributed by atoms with van der Waals surface area (Å²) in [7, 11) is 0. The molecule has 1 aromatic rings. The summed E-state index contributed by atoms with van der Waals surface area (Å²) in [5.74, 6) is 0. The molecule has 0 amide bonds. The third kappa shape index (κ3) is 4.77. The van der Waals surface area contributed by atoms with E-state index < -0.39 is 12.7 Å². The molecule has 4 heteroatoms. The first-order valence-corrected chi connectivity index (χ1v) is 5.55. The fourth-order valence-electron chi connectivity index (χ4n) is 1.68. The third-order valence-corrected chi connectivity index (χ3v) is 2.69. The van der Waals surface area contributed by atoms with Gasteiger partial charge in [-0.2, -0.15) is 13.2 Å². The molecule has 0 saturated heterocycles. The number of aryl methyl sites for hydroxylation is 1. The summed E-state index contributed by atoms with van der Waals surface area (Å²) < 4.78 is 36.1. The summed E-state index contributed by atoms with van der Waals surface area (Å²) in [5, 5.41) is 2.46. The molecule has 1 nitrogen and oxygen atoms in total. The van der Waals surface area contributed by atoms with Gasteiger partial charge in [0.1, 0.15) is 0 Å². The quantitative estimate of drug-likeness (QED) is 0.857. The van der Waals surface area contributed by atoms with Crippen molar-refractivity contribution in [3.8, 4) is 0 Å². The zero-order valence-electron chi connectivity index (χ0n) is 10.4. The zero-order valence-corrected chi connectivity index (χ0v) is 10.4. The molecule has 0 bridgehead atoms. The van der Waals surface area contributed by atoms with E-state index in [4.69, 9.17) is 0 Å². The van der Waals surface area contributed by atoms with Crippen LogP contribution in [0.1, 0.15) is 25.0 Å². The van der Waals surface area contributed by atoms with Gasteiger partial charge in [-0.1, -0.05) is 43.7 Å². The minimum absolute atomic E-state index is 0.302. The molecule has 17 heavy (non-hydrogen) atoms. The second-order valence-electron chi connectivity index (χ2n) is 4.97. The van der Waals surface area contributed by atoms with Gasteiger partial charge in [-0.05, 0) is 12.5 Å². The highest BCUT2D eigenvalue weighted by atomic mass is 19.4. The van der Waals surface area contributed by atoms with E-state index in [1.54, 1.807) is 0 Å². The summed E-state index contributed by atoms with van der Waals surface area (Å²) in [4.78, 5) is 0. The van der Waals surface area contributed by atoms with Crippen molar-refractivity contribution in [2.45, 2.75) is 32.4 Å². The van der Waals surface area contributed by atoms with Crippen LogP contribution in [0.3, 0.4) is 0 Å². The van der Waals surface area contributed by atoms with Gasteiger partial charge >= 0.3 is 6.18 Å². The average Bonchev–Trinajstić information content (AvgIpc) is 2.15. The van der Waals surface area contributed by atoms with E-state index in [0.717, 1.165) is 11.1 Å². The van der Waals surface area contributed by atoms with Crippen LogP contribution < -0.4 is 5.32 Å². The Morgan fingerprint density at radius 2 is 1.76 bits per heavy atom. The lowest BCUT2D eigenvalue weighted by Gasteiger charge is -2.26. The first-order chi connectivity index (χ1) is 7.71. The number of nitrogens with one attached hydrogen (secondary N) is 1. The van der Waals surface area contributed by atoms with E-state index in [2.05, 4.69) is 5.32 Å². The molecule has 0 aromatic heterocycles. The number of benzene rings is 1. The molecule has 0 unspecified atom stereocenters. The van der Waals surface area contributed by atoms with Crippen LogP contribution >= 0.6 is 0 Å². The molecule has 0 atom stereocenters. The number of rotatable bonds is 4. The molecule has 0 fully saturated rings. The monoisotopic (exact) mass is 245 g/mol. The van der Waals surface area contributed by atoms with Crippen molar-refractivity contribution in [2.24, 2.45) is 0 Å². The fraction of sp³-hybridized carbons (Fsp3) is 0.538. The molecule has 1 N–H and O–H groups in total. The summed E-state index contributed by atoms with van der Waals surface area (Å²) in [5.41, 5.74) is 1.86. The highest BCUT2D eigenvalue weighted by Crippen LogP contribution is 2.23. The van der Waals surface area contributed by atoms with Gasteiger partial charge in [-0.3, -0.25) is 0 Å². The van der Waals surface area contributed by atoms with Gasteiger partial charge in [0.25, 0.3) is 0 Å². The van der Waals surface area contributed by atoms with Gasteiger partial charge in [0, 0.05) is 12.0 Å². The van der Waals surface area contributed by atoms with Crippen LogP contribution in [0.25, 0.3) is 0 Å². The molecule has 0 aliphatic heterocycles.